The minimum absolute atomic E-state index is 0.0269. The average molecular weight is 418 g/mol. The molecule has 6 nitrogen and oxygen atoms in total. The van der Waals surface area contributed by atoms with Crippen LogP contribution in [-0.2, 0) is 20.7 Å². The molecule has 1 unspecified atom stereocenters. The molecule has 1 heterocycles. The molecular weight excluding hydrogens is 390 g/mol. The van der Waals surface area contributed by atoms with E-state index in [9.17, 15) is 9.59 Å². The van der Waals surface area contributed by atoms with Crippen LogP contribution in [0, 0.1) is 19.8 Å². The van der Waals surface area contributed by atoms with Crippen LogP contribution in [0.5, 0.6) is 0 Å². The topological polar surface area (TPSA) is 73.2 Å². The van der Waals surface area contributed by atoms with Gasteiger partial charge in [-0.05, 0) is 50.3 Å². The highest BCUT2D eigenvalue weighted by molar-refractivity contribution is 5.81. The maximum atomic E-state index is 12.4. The molecule has 0 bridgehead atoms. The number of carbonyl (C=O) groups is 2. The third-order valence-electron chi connectivity index (χ3n) is 5.70. The molecule has 1 aromatic heterocycles. The van der Waals surface area contributed by atoms with Gasteiger partial charge >= 0.3 is 5.97 Å². The first-order valence-corrected chi connectivity index (χ1v) is 10.6. The Morgan fingerprint density at radius 1 is 1.06 bits per heavy atom. The standard InChI is InChI=1S/C25H27N3O3/c1-17-22(18(2)28(27-17)21-11-7-4-8-12-21)15-24(30)31-16-23(29)26-25(20-13-14-20)19-9-5-3-6-10-19/h3-12,20,25H,13-16H2,1-2H3,(H,26,29). The van der Waals surface area contributed by atoms with Gasteiger partial charge in [0.1, 0.15) is 0 Å². The minimum Gasteiger partial charge on any atom is -0.455 e. The van der Waals surface area contributed by atoms with Crippen LogP contribution in [-0.4, -0.2) is 28.3 Å². The Balaban J connectivity index is 1.34. The number of esters is 1. The van der Waals surface area contributed by atoms with Gasteiger partial charge in [-0.15, -0.1) is 0 Å². The van der Waals surface area contributed by atoms with Crippen molar-refractivity contribution in [3.63, 3.8) is 0 Å². The van der Waals surface area contributed by atoms with Crippen LogP contribution in [0.15, 0.2) is 60.7 Å². The van der Waals surface area contributed by atoms with E-state index in [0.29, 0.717) is 5.92 Å². The van der Waals surface area contributed by atoms with E-state index in [-0.39, 0.29) is 25.0 Å². The number of para-hydroxylation sites is 1. The summed E-state index contributed by atoms with van der Waals surface area (Å²) in [6.45, 7) is 3.53. The molecule has 0 aliphatic heterocycles. The number of hydrogen-bond acceptors (Lipinski definition) is 4. The van der Waals surface area contributed by atoms with Gasteiger partial charge in [-0.3, -0.25) is 9.59 Å². The van der Waals surface area contributed by atoms with Crippen LogP contribution in [0.4, 0.5) is 0 Å². The molecule has 1 aliphatic rings. The quantitative estimate of drug-likeness (QED) is 0.565. The molecule has 1 N–H and O–H groups in total. The van der Waals surface area contributed by atoms with Crippen molar-refractivity contribution in [2.45, 2.75) is 39.2 Å². The van der Waals surface area contributed by atoms with Gasteiger partial charge in [-0.1, -0.05) is 48.5 Å². The second-order valence-corrected chi connectivity index (χ2v) is 8.03. The third-order valence-corrected chi connectivity index (χ3v) is 5.70. The Morgan fingerprint density at radius 2 is 1.71 bits per heavy atom. The Bertz CT molecular complexity index is 1060. The molecule has 160 valence electrons. The highest BCUT2D eigenvalue weighted by Crippen LogP contribution is 2.40. The largest absolute Gasteiger partial charge is 0.455 e. The van der Waals surface area contributed by atoms with Crippen molar-refractivity contribution in [3.05, 3.63) is 83.2 Å². The first-order valence-electron chi connectivity index (χ1n) is 10.6. The Labute approximate surface area is 182 Å². The van der Waals surface area contributed by atoms with Crippen molar-refractivity contribution >= 4 is 11.9 Å². The van der Waals surface area contributed by atoms with Crippen LogP contribution in [0.3, 0.4) is 0 Å². The van der Waals surface area contributed by atoms with Crippen LogP contribution in [0.2, 0.25) is 0 Å². The molecule has 1 atom stereocenters. The number of rotatable bonds is 8. The summed E-state index contributed by atoms with van der Waals surface area (Å²) >= 11 is 0. The van der Waals surface area contributed by atoms with Crippen LogP contribution in [0.25, 0.3) is 5.69 Å². The molecule has 6 heteroatoms. The maximum absolute atomic E-state index is 12.4. The molecule has 0 radical (unpaired) electrons. The van der Waals surface area contributed by atoms with Crippen molar-refractivity contribution in [3.8, 4) is 5.69 Å². The van der Waals surface area contributed by atoms with Gasteiger partial charge in [0.05, 0.1) is 23.8 Å². The summed E-state index contributed by atoms with van der Waals surface area (Å²) in [6, 6.07) is 19.7. The predicted octanol–water partition coefficient (Wildman–Crippen LogP) is 3.84. The number of hydrogen-bond donors (Lipinski definition) is 1. The Morgan fingerprint density at radius 3 is 2.35 bits per heavy atom. The van der Waals surface area contributed by atoms with Gasteiger partial charge in [0.2, 0.25) is 0 Å². The fourth-order valence-corrected chi connectivity index (χ4v) is 3.87. The van der Waals surface area contributed by atoms with Gasteiger partial charge in [0.15, 0.2) is 6.61 Å². The average Bonchev–Trinajstić information content (AvgIpc) is 3.60. The van der Waals surface area contributed by atoms with Crippen LogP contribution >= 0.6 is 0 Å². The first-order chi connectivity index (χ1) is 15.0. The van der Waals surface area contributed by atoms with Gasteiger partial charge < -0.3 is 10.1 Å². The van der Waals surface area contributed by atoms with Crippen molar-refractivity contribution in [2.24, 2.45) is 5.92 Å². The number of ether oxygens (including phenoxy) is 1. The van der Waals surface area contributed by atoms with Gasteiger partial charge in [0, 0.05) is 11.3 Å². The fraction of sp³-hybridized carbons (Fsp3) is 0.320. The fourth-order valence-electron chi connectivity index (χ4n) is 3.87. The number of benzene rings is 2. The molecular formula is C25H27N3O3. The van der Waals surface area contributed by atoms with E-state index in [0.717, 1.165) is 41.0 Å². The molecule has 1 amide bonds. The number of amides is 1. The number of nitrogens with one attached hydrogen (secondary N) is 1. The SMILES string of the molecule is Cc1nn(-c2ccccc2)c(C)c1CC(=O)OCC(=O)NC(c1ccccc1)C1CC1. The molecule has 1 fully saturated rings. The monoisotopic (exact) mass is 417 g/mol. The summed E-state index contributed by atoms with van der Waals surface area (Å²) in [4.78, 5) is 24.9. The maximum Gasteiger partial charge on any atom is 0.310 e. The second kappa shape index (κ2) is 9.16. The molecule has 3 aromatic rings. The lowest BCUT2D eigenvalue weighted by molar-refractivity contribution is -0.148. The number of aryl methyl sites for hydroxylation is 1. The lowest BCUT2D eigenvalue weighted by Crippen LogP contribution is -2.33. The third kappa shape index (κ3) is 5.02. The number of nitrogens with zero attached hydrogens (tertiary/aromatic N) is 2. The van der Waals surface area contributed by atoms with E-state index < -0.39 is 5.97 Å². The van der Waals surface area contributed by atoms with E-state index >= 15 is 0 Å². The number of carbonyl (C=O) groups excluding carboxylic acids is 2. The molecule has 0 spiro atoms. The van der Waals surface area contributed by atoms with Crippen LogP contribution in [0.1, 0.15) is 41.4 Å². The van der Waals surface area contributed by atoms with Crippen molar-refractivity contribution in [1.82, 2.24) is 15.1 Å². The van der Waals surface area contributed by atoms with E-state index in [1.807, 2.05) is 79.2 Å². The zero-order valence-corrected chi connectivity index (χ0v) is 17.9. The zero-order chi connectivity index (χ0) is 21.8. The lowest BCUT2D eigenvalue weighted by atomic mass is 10.0. The Kier molecular flexibility index (Phi) is 6.16. The summed E-state index contributed by atoms with van der Waals surface area (Å²) in [7, 11) is 0. The van der Waals surface area contributed by atoms with Gasteiger partial charge in [-0.25, -0.2) is 4.68 Å². The first kappa shape index (κ1) is 20.8. The van der Waals surface area contributed by atoms with E-state index in [2.05, 4.69) is 10.4 Å². The lowest BCUT2D eigenvalue weighted by Gasteiger charge is -2.18. The highest BCUT2D eigenvalue weighted by Gasteiger charge is 2.33. The van der Waals surface area contributed by atoms with E-state index in [4.69, 9.17) is 4.74 Å². The zero-order valence-electron chi connectivity index (χ0n) is 17.9. The molecule has 31 heavy (non-hydrogen) atoms. The highest BCUT2D eigenvalue weighted by atomic mass is 16.5. The summed E-state index contributed by atoms with van der Waals surface area (Å²) in [5, 5.41) is 7.59. The minimum atomic E-state index is -0.434. The Hall–Kier alpha value is -3.41. The molecule has 1 aliphatic carbocycles. The van der Waals surface area contributed by atoms with Gasteiger partial charge in [0.25, 0.3) is 5.91 Å². The number of aromatic nitrogens is 2. The van der Waals surface area contributed by atoms with E-state index in [1.165, 1.54) is 0 Å². The van der Waals surface area contributed by atoms with Crippen molar-refractivity contribution < 1.29 is 14.3 Å². The predicted molar refractivity (Wildman–Crippen MR) is 118 cm³/mol. The summed E-state index contributed by atoms with van der Waals surface area (Å²) in [5.41, 5.74) is 4.52. The van der Waals surface area contributed by atoms with Crippen molar-refractivity contribution in [2.75, 3.05) is 6.61 Å². The molecule has 4 rings (SSSR count). The summed E-state index contributed by atoms with van der Waals surface area (Å²) < 4.78 is 7.11. The molecule has 0 saturated heterocycles. The van der Waals surface area contributed by atoms with Gasteiger partial charge in [-0.2, -0.15) is 5.10 Å². The summed E-state index contributed by atoms with van der Waals surface area (Å²) in [5.74, 6) is -0.254. The smallest absolute Gasteiger partial charge is 0.310 e. The molecule has 2 aromatic carbocycles. The van der Waals surface area contributed by atoms with Crippen molar-refractivity contribution in [1.29, 1.82) is 0 Å². The van der Waals surface area contributed by atoms with E-state index in [1.54, 1.807) is 0 Å². The molecule has 1 saturated carbocycles. The summed E-state index contributed by atoms with van der Waals surface area (Å²) in [6.07, 6.45) is 2.29. The normalized spacial score (nSPS) is 14.1. The second-order valence-electron chi connectivity index (χ2n) is 8.03. The van der Waals surface area contributed by atoms with Crippen LogP contribution < -0.4 is 5.32 Å².